The molecular formula is C18H34N2S. The van der Waals surface area contributed by atoms with Crippen LogP contribution in [0.1, 0.15) is 60.3 Å². The lowest BCUT2D eigenvalue weighted by Gasteiger charge is -2.57. The maximum Gasteiger partial charge on any atom is 0.0350 e. The van der Waals surface area contributed by atoms with Gasteiger partial charge in [-0.1, -0.05) is 13.8 Å². The highest BCUT2D eigenvalue weighted by atomic mass is 32.2. The number of hydrogen-bond donors (Lipinski definition) is 0. The Hall–Kier alpha value is 0.270. The normalized spacial score (nSPS) is 31.3. The van der Waals surface area contributed by atoms with Crippen LogP contribution in [0.15, 0.2) is 0 Å². The van der Waals surface area contributed by atoms with Gasteiger partial charge in [0, 0.05) is 29.4 Å². The van der Waals surface area contributed by atoms with Crippen LogP contribution >= 0.6 is 11.8 Å². The number of piperidine rings is 1. The molecule has 2 nitrogen and oxygen atoms in total. The molecule has 3 aliphatic heterocycles. The summed E-state index contributed by atoms with van der Waals surface area (Å²) in [5.41, 5.74) is 0.982. The first-order valence-electron chi connectivity index (χ1n) is 8.87. The zero-order valence-corrected chi connectivity index (χ0v) is 15.6. The van der Waals surface area contributed by atoms with Gasteiger partial charge in [-0.25, -0.2) is 0 Å². The van der Waals surface area contributed by atoms with Crippen molar-refractivity contribution >= 4 is 11.8 Å². The van der Waals surface area contributed by atoms with Crippen LogP contribution in [-0.4, -0.2) is 58.1 Å². The van der Waals surface area contributed by atoms with Crippen LogP contribution in [0.25, 0.3) is 0 Å². The van der Waals surface area contributed by atoms with Crippen molar-refractivity contribution in [3.63, 3.8) is 0 Å². The molecule has 3 fully saturated rings. The minimum Gasteiger partial charge on any atom is -0.298 e. The van der Waals surface area contributed by atoms with Crippen LogP contribution in [0.4, 0.5) is 0 Å². The molecule has 0 aromatic rings. The Morgan fingerprint density at radius 3 is 2.14 bits per heavy atom. The lowest BCUT2D eigenvalue weighted by molar-refractivity contribution is -0.0496. The first kappa shape index (κ1) is 16.1. The quantitative estimate of drug-likeness (QED) is 0.726. The van der Waals surface area contributed by atoms with E-state index in [1.165, 1.54) is 57.6 Å². The molecule has 0 amide bonds. The van der Waals surface area contributed by atoms with Gasteiger partial charge >= 0.3 is 0 Å². The average Bonchev–Trinajstić information content (AvgIpc) is 2.32. The van der Waals surface area contributed by atoms with E-state index in [0.29, 0.717) is 15.7 Å². The molecule has 3 rings (SSSR count). The molecule has 122 valence electrons. The fourth-order valence-corrected chi connectivity index (χ4v) is 6.01. The molecule has 21 heavy (non-hydrogen) atoms. The Kier molecular flexibility index (Phi) is 4.16. The summed E-state index contributed by atoms with van der Waals surface area (Å²) in [5, 5.41) is 0. The molecule has 0 atom stereocenters. The van der Waals surface area contributed by atoms with Crippen LogP contribution in [0, 0.1) is 5.41 Å². The molecule has 0 N–H and O–H groups in total. The van der Waals surface area contributed by atoms with Gasteiger partial charge in [0.05, 0.1) is 0 Å². The number of thioether (sulfide) groups is 1. The Balaban J connectivity index is 1.54. The van der Waals surface area contributed by atoms with Crippen molar-refractivity contribution < 1.29 is 0 Å². The van der Waals surface area contributed by atoms with Crippen molar-refractivity contribution in [2.24, 2.45) is 5.41 Å². The summed E-state index contributed by atoms with van der Waals surface area (Å²) < 4.78 is 0.494. The Morgan fingerprint density at radius 1 is 1.00 bits per heavy atom. The summed E-state index contributed by atoms with van der Waals surface area (Å²) in [6.07, 6.45) is 5.77. The third kappa shape index (κ3) is 2.90. The van der Waals surface area contributed by atoms with E-state index >= 15 is 0 Å². The maximum absolute atomic E-state index is 2.79. The molecule has 0 saturated carbocycles. The minimum atomic E-state index is 0.357. The van der Waals surface area contributed by atoms with E-state index in [9.17, 15) is 0 Å². The molecule has 0 unspecified atom stereocenters. The SMILES string of the molecule is CC(C)(C)N1CC(N2CCC3(CCCSC3(C)C)CC2)C1. The maximum atomic E-state index is 2.79. The molecule has 0 radical (unpaired) electrons. The highest BCUT2D eigenvalue weighted by molar-refractivity contribution is 8.00. The lowest BCUT2D eigenvalue weighted by Crippen LogP contribution is -2.66. The smallest absolute Gasteiger partial charge is 0.0350 e. The Labute approximate surface area is 136 Å². The molecule has 3 heterocycles. The molecule has 3 aliphatic rings. The number of rotatable bonds is 1. The third-order valence-electron chi connectivity index (χ3n) is 6.62. The summed E-state index contributed by atoms with van der Waals surface area (Å²) >= 11 is 2.23. The zero-order valence-electron chi connectivity index (χ0n) is 14.7. The van der Waals surface area contributed by atoms with Gasteiger partial charge in [-0.2, -0.15) is 11.8 Å². The molecule has 0 bridgehead atoms. The first-order valence-corrected chi connectivity index (χ1v) is 9.85. The van der Waals surface area contributed by atoms with E-state index in [0.717, 1.165) is 6.04 Å². The van der Waals surface area contributed by atoms with Gasteiger partial charge in [0.15, 0.2) is 0 Å². The van der Waals surface area contributed by atoms with Crippen molar-refractivity contribution in [3.05, 3.63) is 0 Å². The summed E-state index contributed by atoms with van der Waals surface area (Å²) in [4.78, 5) is 5.42. The van der Waals surface area contributed by atoms with E-state index in [-0.39, 0.29) is 0 Å². The Morgan fingerprint density at radius 2 is 1.62 bits per heavy atom. The molecule has 1 spiro atoms. The highest BCUT2D eigenvalue weighted by Gasteiger charge is 2.50. The molecule has 0 aromatic heterocycles. The van der Waals surface area contributed by atoms with E-state index in [4.69, 9.17) is 0 Å². The minimum absolute atomic E-state index is 0.357. The van der Waals surface area contributed by atoms with Gasteiger partial charge in [0.2, 0.25) is 0 Å². The van der Waals surface area contributed by atoms with Gasteiger partial charge in [-0.15, -0.1) is 0 Å². The molecule has 3 saturated heterocycles. The standard InChI is InChI=1S/C18H34N2S/c1-16(2,3)20-13-15(14-20)19-10-8-18(9-11-19)7-6-12-21-17(18,4)5/h15H,6-14H2,1-5H3. The predicted molar refractivity (Wildman–Crippen MR) is 94.1 cm³/mol. The van der Waals surface area contributed by atoms with Crippen LogP contribution < -0.4 is 0 Å². The fourth-order valence-electron chi connectivity index (χ4n) is 4.60. The highest BCUT2D eigenvalue weighted by Crippen LogP contribution is 2.55. The van der Waals surface area contributed by atoms with Crippen LogP contribution in [0.5, 0.6) is 0 Å². The number of hydrogen-bond acceptors (Lipinski definition) is 3. The van der Waals surface area contributed by atoms with E-state index < -0.39 is 0 Å². The predicted octanol–water partition coefficient (Wildman–Crippen LogP) is 3.86. The van der Waals surface area contributed by atoms with Crippen LogP contribution in [-0.2, 0) is 0 Å². The summed E-state index contributed by atoms with van der Waals surface area (Å²) in [6.45, 7) is 17.3. The average molecular weight is 311 g/mol. The van der Waals surface area contributed by atoms with E-state index in [1.54, 1.807) is 0 Å². The van der Waals surface area contributed by atoms with Gasteiger partial charge in [0.25, 0.3) is 0 Å². The lowest BCUT2D eigenvalue weighted by atomic mass is 9.66. The third-order valence-corrected chi connectivity index (χ3v) is 8.27. The van der Waals surface area contributed by atoms with Gasteiger partial charge in [0.1, 0.15) is 0 Å². The van der Waals surface area contributed by atoms with Crippen molar-refractivity contribution in [1.82, 2.24) is 9.80 Å². The molecular weight excluding hydrogens is 276 g/mol. The zero-order chi connectivity index (χ0) is 15.3. The monoisotopic (exact) mass is 310 g/mol. The Bertz CT molecular complexity index is 371. The molecule has 0 aromatic carbocycles. The second-order valence-corrected chi connectivity index (χ2v) is 10.7. The second kappa shape index (κ2) is 5.42. The van der Waals surface area contributed by atoms with E-state index in [2.05, 4.69) is 56.2 Å². The van der Waals surface area contributed by atoms with Crippen molar-refractivity contribution in [3.8, 4) is 0 Å². The molecule has 0 aliphatic carbocycles. The summed E-state index contributed by atoms with van der Waals surface area (Å²) in [7, 11) is 0. The summed E-state index contributed by atoms with van der Waals surface area (Å²) in [5.74, 6) is 1.38. The molecule has 3 heteroatoms. The van der Waals surface area contributed by atoms with Gasteiger partial charge in [-0.3, -0.25) is 9.80 Å². The fraction of sp³-hybridized carbons (Fsp3) is 1.00. The second-order valence-electron chi connectivity index (χ2n) is 9.01. The first-order chi connectivity index (χ1) is 9.74. The van der Waals surface area contributed by atoms with Crippen molar-refractivity contribution in [2.75, 3.05) is 31.9 Å². The van der Waals surface area contributed by atoms with E-state index in [1.807, 2.05) is 0 Å². The largest absolute Gasteiger partial charge is 0.298 e. The summed E-state index contributed by atoms with van der Waals surface area (Å²) in [6, 6.07) is 0.834. The number of likely N-dealkylation sites (tertiary alicyclic amines) is 2. The van der Waals surface area contributed by atoms with Gasteiger partial charge in [-0.05, 0) is 70.7 Å². The topological polar surface area (TPSA) is 6.48 Å². The van der Waals surface area contributed by atoms with Crippen molar-refractivity contribution in [1.29, 1.82) is 0 Å². The van der Waals surface area contributed by atoms with Gasteiger partial charge < -0.3 is 0 Å². The van der Waals surface area contributed by atoms with Crippen LogP contribution in [0.3, 0.4) is 0 Å². The van der Waals surface area contributed by atoms with Crippen molar-refractivity contribution in [2.45, 2.75) is 76.6 Å². The van der Waals surface area contributed by atoms with Crippen LogP contribution in [0.2, 0.25) is 0 Å². The number of nitrogens with zero attached hydrogens (tertiary/aromatic N) is 2.